The van der Waals surface area contributed by atoms with Gasteiger partial charge in [-0.1, -0.05) is 0 Å². The minimum Gasteiger partial charge on any atom is -0.465 e. The van der Waals surface area contributed by atoms with Crippen LogP contribution in [-0.2, 0) is 9.59 Å². The van der Waals surface area contributed by atoms with E-state index in [-0.39, 0.29) is 24.8 Å². The Kier molecular flexibility index (Phi) is 5.53. The summed E-state index contributed by atoms with van der Waals surface area (Å²) in [6, 6.07) is 7.09. The van der Waals surface area contributed by atoms with Gasteiger partial charge in [-0.3, -0.25) is 9.59 Å². The highest BCUT2D eigenvalue weighted by Crippen LogP contribution is 2.23. The standard InChI is InChI=1S/C20H22N2O4/c1-21(2)8-7-19(23)22-13-15(11-17-5-3-9-25-17)20(24)16(14-22)12-18-6-4-10-26-18/h3-6,9-12H,7-8,13-14H2,1-2H3/b15-11+,16-12+. The molecule has 2 aromatic rings. The van der Waals surface area contributed by atoms with E-state index in [9.17, 15) is 9.59 Å². The Morgan fingerprint density at radius 2 is 1.62 bits per heavy atom. The lowest BCUT2D eigenvalue weighted by molar-refractivity contribution is -0.131. The van der Waals surface area contributed by atoms with Gasteiger partial charge in [0.05, 0.1) is 12.5 Å². The first kappa shape index (κ1) is 17.9. The first-order valence-corrected chi connectivity index (χ1v) is 8.48. The fraction of sp³-hybridized carbons (Fsp3) is 0.300. The van der Waals surface area contributed by atoms with Crippen molar-refractivity contribution in [2.45, 2.75) is 6.42 Å². The topological polar surface area (TPSA) is 66.9 Å². The van der Waals surface area contributed by atoms with Crippen molar-refractivity contribution < 1.29 is 18.4 Å². The number of piperidine rings is 1. The largest absolute Gasteiger partial charge is 0.465 e. The number of carbonyl (C=O) groups excluding carboxylic acids is 2. The predicted octanol–water partition coefficient (Wildman–Crippen LogP) is 2.70. The van der Waals surface area contributed by atoms with Crippen LogP contribution in [0.3, 0.4) is 0 Å². The van der Waals surface area contributed by atoms with Gasteiger partial charge in [0.15, 0.2) is 5.78 Å². The Morgan fingerprint density at radius 3 is 2.04 bits per heavy atom. The number of hydrogen-bond acceptors (Lipinski definition) is 5. The lowest BCUT2D eigenvalue weighted by Crippen LogP contribution is -2.42. The van der Waals surface area contributed by atoms with Crippen molar-refractivity contribution in [3.63, 3.8) is 0 Å². The number of nitrogens with zero attached hydrogens (tertiary/aromatic N) is 2. The summed E-state index contributed by atoms with van der Waals surface area (Å²) in [5.41, 5.74) is 1.06. The molecule has 1 aliphatic heterocycles. The number of hydrogen-bond donors (Lipinski definition) is 0. The van der Waals surface area contributed by atoms with Crippen LogP contribution in [0.5, 0.6) is 0 Å². The van der Waals surface area contributed by atoms with Gasteiger partial charge in [0.25, 0.3) is 0 Å². The van der Waals surface area contributed by atoms with Gasteiger partial charge in [-0.2, -0.15) is 0 Å². The van der Waals surface area contributed by atoms with E-state index in [0.29, 0.717) is 35.6 Å². The highest BCUT2D eigenvalue weighted by atomic mass is 16.3. The maximum absolute atomic E-state index is 12.8. The normalized spacial score (nSPS) is 18.3. The molecule has 6 heteroatoms. The van der Waals surface area contributed by atoms with Gasteiger partial charge in [0, 0.05) is 37.2 Å². The number of rotatable bonds is 5. The fourth-order valence-electron chi connectivity index (χ4n) is 2.78. The number of likely N-dealkylation sites (tertiary alicyclic amines) is 1. The summed E-state index contributed by atoms with van der Waals surface area (Å²) in [7, 11) is 3.86. The summed E-state index contributed by atoms with van der Waals surface area (Å²) in [6.07, 6.45) is 6.91. The van der Waals surface area contributed by atoms with Crippen LogP contribution < -0.4 is 0 Å². The van der Waals surface area contributed by atoms with Gasteiger partial charge < -0.3 is 18.6 Å². The average molecular weight is 354 g/mol. The van der Waals surface area contributed by atoms with Gasteiger partial charge in [-0.25, -0.2) is 0 Å². The number of Topliss-reactive ketones (excluding diaryl/α,β-unsaturated/α-hetero) is 1. The summed E-state index contributed by atoms with van der Waals surface area (Å²) >= 11 is 0. The molecule has 6 nitrogen and oxygen atoms in total. The van der Waals surface area contributed by atoms with Gasteiger partial charge >= 0.3 is 0 Å². The SMILES string of the molecule is CN(C)CCC(=O)N1C/C(=C\c2ccco2)C(=O)/C(=C/c2ccco2)C1. The molecule has 0 spiro atoms. The molecule has 0 aliphatic carbocycles. The molecule has 0 N–H and O–H groups in total. The van der Waals surface area contributed by atoms with Gasteiger partial charge in [0.1, 0.15) is 11.5 Å². The second-order valence-electron chi connectivity index (χ2n) is 6.50. The zero-order valence-corrected chi connectivity index (χ0v) is 15.0. The quantitative estimate of drug-likeness (QED) is 0.773. The van der Waals surface area contributed by atoms with E-state index in [2.05, 4.69) is 0 Å². The van der Waals surface area contributed by atoms with Crippen molar-refractivity contribution in [3.05, 3.63) is 59.5 Å². The Hall–Kier alpha value is -2.86. The average Bonchev–Trinajstić information content (AvgIpc) is 3.30. The van der Waals surface area contributed by atoms with Crippen LogP contribution in [0, 0.1) is 0 Å². The molecule has 0 aromatic carbocycles. The number of amides is 1. The molecule has 0 bridgehead atoms. The molecule has 1 aliphatic rings. The zero-order chi connectivity index (χ0) is 18.5. The van der Waals surface area contributed by atoms with E-state index >= 15 is 0 Å². The predicted molar refractivity (Wildman–Crippen MR) is 98.1 cm³/mol. The maximum atomic E-state index is 12.8. The number of carbonyl (C=O) groups is 2. The van der Waals surface area contributed by atoms with E-state index in [1.165, 1.54) is 0 Å². The van der Waals surface area contributed by atoms with Gasteiger partial charge in [-0.05, 0) is 50.5 Å². The minimum atomic E-state index is -0.0885. The Labute approximate surface area is 152 Å². The lowest BCUT2D eigenvalue weighted by Gasteiger charge is -2.30. The highest BCUT2D eigenvalue weighted by Gasteiger charge is 2.29. The van der Waals surface area contributed by atoms with Crippen LogP contribution in [0.4, 0.5) is 0 Å². The highest BCUT2D eigenvalue weighted by molar-refractivity contribution is 6.15. The molecule has 0 unspecified atom stereocenters. The van der Waals surface area contributed by atoms with Crippen molar-refractivity contribution in [1.29, 1.82) is 0 Å². The van der Waals surface area contributed by atoms with E-state index in [0.717, 1.165) is 0 Å². The van der Waals surface area contributed by atoms with Crippen molar-refractivity contribution >= 4 is 23.8 Å². The Bertz CT molecular complexity index is 758. The van der Waals surface area contributed by atoms with Crippen LogP contribution in [0.2, 0.25) is 0 Å². The summed E-state index contributed by atoms with van der Waals surface area (Å²) in [6.45, 7) is 1.22. The first-order chi connectivity index (χ1) is 12.5. The van der Waals surface area contributed by atoms with Crippen LogP contribution in [0.15, 0.2) is 56.8 Å². The fourth-order valence-corrected chi connectivity index (χ4v) is 2.78. The maximum Gasteiger partial charge on any atom is 0.224 e. The molecule has 3 rings (SSSR count). The molecule has 1 saturated heterocycles. The smallest absolute Gasteiger partial charge is 0.224 e. The van der Waals surface area contributed by atoms with E-state index in [1.807, 2.05) is 19.0 Å². The van der Waals surface area contributed by atoms with Crippen LogP contribution >= 0.6 is 0 Å². The molecular formula is C20H22N2O4. The van der Waals surface area contributed by atoms with Crippen LogP contribution in [-0.4, -0.2) is 55.2 Å². The Morgan fingerprint density at radius 1 is 1.08 bits per heavy atom. The van der Waals surface area contributed by atoms with E-state index in [1.54, 1.807) is 53.8 Å². The number of ketones is 1. The second kappa shape index (κ2) is 8.01. The zero-order valence-electron chi connectivity index (χ0n) is 15.0. The minimum absolute atomic E-state index is 0.0156. The molecule has 2 aromatic heterocycles. The van der Waals surface area contributed by atoms with Crippen molar-refractivity contribution in [2.75, 3.05) is 33.7 Å². The summed E-state index contributed by atoms with van der Waals surface area (Å²) in [5, 5.41) is 0. The lowest BCUT2D eigenvalue weighted by atomic mass is 9.96. The van der Waals surface area contributed by atoms with Gasteiger partial charge in [0.2, 0.25) is 5.91 Å². The second-order valence-corrected chi connectivity index (χ2v) is 6.50. The summed E-state index contributed by atoms with van der Waals surface area (Å²) in [5.74, 6) is 1.11. The van der Waals surface area contributed by atoms with Gasteiger partial charge in [-0.15, -0.1) is 0 Å². The summed E-state index contributed by atoms with van der Waals surface area (Å²) < 4.78 is 10.6. The Balaban J connectivity index is 1.87. The molecule has 3 heterocycles. The molecule has 1 amide bonds. The van der Waals surface area contributed by atoms with Crippen molar-refractivity contribution in [2.24, 2.45) is 0 Å². The molecule has 26 heavy (non-hydrogen) atoms. The number of furan rings is 2. The van der Waals surface area contributed by atoms with E-state index in [4.69, 9.17) is 8.83 Å². The molecule has 0 saturated carbocycles. The molecule has 136 valence electrons. The molecular weight excluding hydrogens is 332 g/mol. The molecule has 0 atom stereocenters. The van der Waals surface area contributed by atoms with Crippen LogP contribution in [0.1, 0.15) is 17.9 Å². The molecule has 1 fully saturated rings. The third-order valence-electron chi connectivity index (χ3n) is 4.15. The summed E-state index contributed by atoms with van der Waals surface area (Å²) in [4.78, 5) is 29.1. The van der Waals surface area contributed by atoms with Crippen molar-refractivity contribution in [3.8, 4) is 0 Å². The first-order valence-electron chi connectivity index (χ1n) is 8.48. The van der Waals surface area contributed by atoms with Crippen LogP contribution in [0.25, 0.3) is 12.2 Å². The monoisotopic (exact) mass is 354 g/mol. The third kappa shape index (κ3) is 4.40. The molecule has 0 radical (unpaired) electrons. The van der Waals surface area contributed by atoms with E-state index < -0.39 is 0 Å². The third-order valence-corrected chi connectivity index (χ3v) is 4.15. The van der Waals surface area contributed by atoms with Crippen molar-refractivity contribution in [1.82, 2.24) is 9.80 Å².